The van der Waals surface area contributed by atoms with E-state index in [2.05, 4.69) is 19.1 Å². The van der Waals surface area contributed by atoms with Crippen LogP contribution >= 0.6 is 0 Å². The molecule has 0 bridgehead atoms. The van der Waals surface area contributed by atoms with Crippen LogP contribution in [0, 0.1) is 0 Å². The van der Waals surface area contributed by atoms with Crippen LogP contribution in [0.25, 0.3) is 0 Å². The molecule has 0 radical (unpaired) electrons. The number of ether oxygens (including phenoxy) is 1. The monoisotopic (exact) mass is 266 g/mol. The molecule has 0 saturated heterocycles. The number of rotatable bonds is 10. The summed E-state index contributed by atoms with van der Waals surface area (Å²) < 4.78 is 4.73. The van der Waals surface area contributed by atoms with Gasteiger partial charge in [0.2, 0.25) is 0 Å². The molecule has 0 saturated carbocycles. The van der Waals surface area contributed by atoms with Crippen molar-refractivity contribution in [3.05, 3.63) is 24.3 Å². The van der Waals surface area contributed by atoms with E-state index in [9.17, 15) is 9.59 Å². The lowest BCUT2D eigenvalue weighted by atomic mass is 10.2. The molecule has 0 rings (SSSR count). The van der Waals surface area contributed by atoms with Crippen LogP contribution in [0.2, 0.25) is 0 Å². The molecule has 19 heavy (non-hydrogen) atoms. The van der Waals surface area contributed by atoms with Crippen LogP contribution in [0.5, 0.6) is 0 Å². The SMILES string of the molecule is C/C=C/CCCCC(=O)OC(=O)CC/C=C\CCC. The molecule has 0 unspecified atom stereocenters. The standard InChI is InChI=1S/C16H26O3/c1-3-5-7-9-11-13-15(17)19-16(18)14-12-10-8-6-4-2/h3,5,8,10H,4,6-7,9,11-14H2,1-2H3/b5-3+,10-8-. The molecular formula is C16H26O3. The number of hydrogen-bond acceptors (Lipinski definition) is 3. The van der Waals surface area contributed by atoms with Crippen LogP contribution in [-0.2, 0) is 14.3 Å². The van der Waals surface area contributed by atoms with Crippen molar-refractivity contribution in [3.63, 3.8) is 0 Å². The van der Waals surface area contributed by atoms with Crippen molar-refractivity contribution in [2.45, 2.75) is 65.2 Å². The summed E-state index contributed by atoms with van der Waals surface area (Å²) in [6.45, 7) is 4.08. The molecule has 0 heterocycles. The van der Waals surface area contributed by atoms with Gasteiger partial charge in [-0.05, 0) is 39.0 Å². The summed E-state index contributed by atoms with van der Waals surface area (Å²) >= 11 is 0. The Morgan fingerprint density at radius 1 is 0.895 bits per heavy atom. The van der Waals surface area contributed by atoms with Gasteiger partial charge in [0.25, 0.3) is 0 Å². The molecule has 0 aromatic heterocycles. The number of allylic oxidation sites excluding steroid dienone is 4. The molecule has 108 valence electrons. The lowest BCUT2D eigenvalue weighted by molar-refractivity contribution is -0.159. The van der Waals surface area contributed by atoms with Gasteiger partial charge in [0.1, 0.15) is 0 Å². The second-order valence-electron chi connectivity index (χ2n) is 4.46. The third kappa shape index (κ3) is 12.9. The minimum atomic E-state index is -0.417. The average Bonchev–Trinajstić information content (AvgIpc) is 2.38. The highest BCUT2D eigenvalue weighted by molar-refractivity contribution is 5.85. The first-order chi connectivity index (χ1) is 9.20. The lowest BCUT2D eigenvalue weighted by Gasteiger charge is -2.01. The zero-order valence-corrected chi connectivity index (χ0v) is 12.2. The molecule has 0 N–H and O–H groups in total. The van der Waals surface area contributed by atoms with Crippen LogP contribution in [0.1, 0.15) is 65.2 Å². The highest BCUT2D eigenvalue weighted by atomic mass is 16.6. The van der Waals surface area contributed by atoms with Gasteiger partial charge in [-0.2, -0.15) is 0 Å². The fourth-order valence-electron chi connectivity index (χ4n) is 1.53. The van der Waals surface area contributed by atoms with Gasteiger partial charge in [-0.15, -0.1) is 0 Å². The molecule has 0 aliphatic rings. The van der Waals surface area contributed by atoms with Gasteiger partial charge < -0.3 is 4.74 Å². The first kappa shape index (κ1) is 17.6. The zero-order valence-electron chi connectivity index (χ0n) is 12.2. The Balaban J connectivity index is 3.55. The predicted molar refractivity (Wildman–Crippen MR) is 77.7 cm³/mol. The maximum absolute atomic E-state index is 11.3. The number of esters is 2. The second kappa shape index (κ2) is 13.1. The minimum absolute atomic E-state index is 0.282. The highest BCUT2D eigenvalue weighted by Gasteiger charge is 2.08. The highest BCUT2D eigenvalue weighted by Crippen LogP contribution is 2.04. The maximum Gasteiger partial charge on any atom is 0.313 e. The molecule has 0 aromatic rings. The van der Waals surface area contributed by atoms with E-state index in [4.69, 9.17) is 4.74 Å². The van der Waals surface area contributed by atoms with Gasteiger partial charge in [0, 0.05) is 12.8 Å². The Morgan fingerprint density at radius 2 is 1.58 bits per heavy atom. The van der Waals surface area contributed by atoms with Crippen molar-refractivity contribution in [2.24, 2.45) is 0 Å². The Hall–Kier alpha value is -1.38. The first-order valence-electron chi connectivity index (χ1n) is 7.20. The summed E-state index contributed by atoms with van der Waals surface area (Å²) in [4.78, 5) is 22.7. The molecule has 0 aliphatic carbocycles. The van der Waals surface area contributed by atoms with E-state index >= 15 is 0 Å². The molecule has 0 aliphatic heterocycles. The van der Waals surface area contributed by atoms with Crippen LogP contribution in [-0.4, -0.2) is 11.9 Å². The van der Waals surface area contributed by atoms with Crippen molar-refractivity contribution in [2.75, 3.05) is 0 Å². The fourth-order valence-corrected chi connectivity index (χ4v) is 1.53. The van der Waals surface area contributed by atoms with Gasteiger partial charge in [-0.3, -0.25) is 9.59 Å². The number of carbonyl (C=O) groups excluding carboxylic acids is 2. The van der Waals surface area contributed by atoms with Gasteiger partial charge in [0.15, 0.2) is 0 Å². The van der Waals surface area contributed by atoms with Crippen LogP contribution in [0.4, 0.5) is 0 Å². The van der Waals surface area contributed by atoms with E-state index in [1.165, 1.54) is 0 Å². The Kier molecular flexibility index (Phi) is 12.1. The Bertz CT molecular complexity index is 303. The van der Waals surface area contributed by atoms with Crippen molar-refractivity contribution in [1.29, 1.82) is 0 Å². The Labute approximate surface area is 116 Å². The molecule has 0 fully saturated rings. The van der Waals surface area contributed by atoms with Gasteiger partial charge >= 0.3 is 11.9 Å². The van der Waals surface area contributed by atoms with Crippen LogP contribution in [0.3, 0.4) is 0 Å². The summed E-state index contributed by atoms with van der Waals surface area (Å²) in [5.74, 6) is -0.817. The Morgan fingerprint density at radius 3 is 2.26 bits per heavy atom. The topological polar surface area (TPSA) is 43.4 Å². The van der Waals surface area contributed by atoms with E-state index in [1.807, 2.05) is 19.1 Å². The normalized spacial score (nSPS) is 11.3. The minimum Gasteiger partial charge on any atom is -0.393 e. The molecule has 0 atom stereocenters. The van der Waals surface area contributed by atoms with Crippen molar-refractivity contribution in [1.82, 2.24) is 0 Å². The molecule has 0 amide bonds. The number of carbonyl (C=O) groups is 2. The summed E-state index contributed by atoms with van der Waals surface area (Å²) in [5.41, 5.74) is 0. The third-order valence-electron chi connectivity index (χ3n) is 2.60. The van der Waals surface area contributed by atoms with Crippen LogP contribution < -0.4 is 0 Å². The van der Waals surface area contributed by atoms with Crippen molar-refractivity contribution < 1.29 is 14.3 Å². The molecule has 3 nitrogen and oxygen atoms in total. The zero-order chi connectivity index (χ0) is 14.3. The third-order valence-corrected chi connectivity index (χ3v) is 2.60. The van der Waals surface area contributed by atoms with Gasteiger partial charge in [-0.1, -0.05) is 37.6 Å². The van der Waals surface area contributed by atoms with E-state index in [0.717, 1.165) is 32.1 Å². The van der Waals surface area contributed by atoms with Crippen LogP contribution in [0.15, 0.2) is 24.3 Å². The smallest absolute Gasteiger partial charge is 0.313 e. The van der Waals surface area contributed by atoms with E-state index in [0.29, 0.717) is 12.8 Å². The first-order valence-corrected chi connectivity index (χ1v) is 7.20. The largest absolute Gasteiger partial charge is 0.393 e. The molecular weight excluding hydrogens is 240 g/mol. The summed E-state index contributed by atoms with van der Waals surface area (Å²) in [6.07, 6.45) is 14.2. The maximum atomic E-state index is 11.3. The molecule has 0 spiro atoms. The van der Waals surface area contributed by atoms with Crippen molar-refractivity contribution in [3.8, 4) is 0 Å². The van der Waals surface area contributed by atoms with E-state index < -0.39 is 11.9 Å². The summed E-state index contributed by atoms with van der Waals surface area (Å²) in [5, 5.41) is 0. The van der Waals surface area contributed by atoms with Crippen molar-refractivity contribution >= 4 is 11.9 Å². The quantitative estimate of drug-likeness (QED) is 0.256. The lowest BCUT2D eigenvalue weighted by Crippen LogP contribution is -2.11. The summed E-state index contributed by atoms with van der Waals surface area (Å²) in [6, 6.07) is 0. The van der Waals surface area contributed by atoms with Gasteiger partial charge in [0.05, 0.1) is 0 Å². The van der Waals surface area contributed by atoms with Gasteiger partial charge in [-0.25, -0.2) is 0 Å². The summed E-state index contributed by atoms with van der Waals surface area (Å²) in [7, 11) is 0. The second-order valence-corrected chi connectivity index (χ2v) is 4.46. The molecule has 3 heteroatoms. The predicted octanol–water partition coefficient (Wildman–Crippen LogP) is 4.33. The fraction of sp³-hybridized carbons (Fsp3) is 0.625. The van der Waals surface area contributed by atoms with E-state index in [1.54, 1.807) is 0 Å². The molecule has 0 aromatic carbocycles. The number of unbranched alkanes of at least 4 members (excludes halogenated alkanes) is 3. The number of hydrogen-bond donors (Lipinski definition) is 0. The average molecular weight is 266 g/mol. The van der Waals surface area contributed by atoms with E-state index in [-0.39, 0.29) is 6.42 Å².